The Bertz CT molecular complexity index is 296. The van der Waals surface area contributed by atoms with Crippen molar-refractivity contribution < 1.29 is 29.3 Å². The van der Waals surface area contributed by atoms with Gasteiger partial charge in [-0.3, -0.25) is 14.4 Å². The SMILES string of the molecule is C#CCC(C(=O)O)(C(=O)O)C(=O)OC. The monoisotopic (exact) mass is 200 g/mol. The molecule has 6 nitrogen and oxygen atoms in total. The van der Waals surface area contributed by atoms with Crippen LogP contribution in [0.5, 0.6) is 0 Å². The third-order valence-corrected chi connectivity index (χ3v) is 1.63. The van der Waals surface area contributed by atoms with E-state index in [0.717, 1.165) is 7.11 Å². The van der Waals surface area contributed by atoms with Crippen molar-refractivity contribution in [3.05, 3.63) is 0 Å². The molecule has 2 N–H and O–H groups in total. The molecule has 0 aromatic heterocycles. The number of aliphatic carboxylic acids is 2. The first-order chi connectivity index (χ1) is 6.43. The van der Waals surface area contributed by atoms with Crippen molar-refractivity contribution in [3.8, 4) is 12.3 Å². The molecular weight excluding hydrogens is 192 g/mol. The molecule has 0 aliphatic heterocycles. The first-order valence-corrected chi connectivity index (χ1v) is 3.42. The van der Waals surface area contributed by atoms with E-state index >= 15 is 0 Å². The molecule has 0 amide bonds. The number of ether oxygens (including phenoxy) is 1. The van der Waals surface area contributed by atoms with E-state index in [-0.39, 0.29) is 0 Å². The van der Waals surface area contributed by atoms with Gasteiger partial charge in [0.25, 0.3) is 5.41 Å². The number of carboxylic acid groups (broad SMARTS) is 2. The van der Waals surface area contributed by atoms with Crippen LogP contribution in [0.4, 0.5) is 0 Å². The lowest BCUT2D eigenvalue weighted by Gasteiger charge is -2.18. The molecule has 76 valence electrons. The van der Waals surface area contributed by atoms with Gasteiger partial charge < -0.3 is 14.9 Å². The third-order valence-electron chi connectivity index (χ3n) is 1.63. The van der Waals surface area contributed by atoms with Gasteiger partial charge in [0.15, 0.2) is 0 Å². The van der Waals surface area contributed by atoms with Crippen LogP contribution in [0.1, 0.15) is 6.42 Å². The van der Waals surface area contributed by atoms with Crippen LogP contribution < -0.4 is 0 Å². The highest BCUT2D eigenvalue weighted by atomic mass is 16.5. The molecule has 0 radical (unpaired) electrons. The number of terminal acetylenes is 1. The lowest BCUT2D eigenvalue weighted by Crippen LogP contribution is -2.46. The third kappa shape index (κ3) is 1.66. The van der Waals surface area contributed by atoms with E-state index in [2.05, 4.69) is 4.74 Å². The minimum atomic E-state index is -2.70. The van der Waals surface area contributed by atoms with Gasteiger partial charge in [-0.25, -0.2) is 0 Å². The van der Waals surface area contributed by atoms with Gasteiger partial charge in [-0.05, 0) is 0 Å². The van der Waals surface area contributed by atoms with Gasteiger partial charge in [0.2, 0.25) is 0 Å². The van der Waals surface area contributed by atoms with Crippen molar-refractivity contribution in [2.45, 2.75) is 6.42 Å². The molecule has 0 aliphatic rings. The number of carboxylic acids is 2. The van der Waals surface area contributed by atoms with Crippen LogP contribution in [0.2, 0.25) is 0 Å². The number of esters is 1. The lowest BCUT2D eigenvalue weighted by molar-refractivity contribution is -0.176. The fraction of sp³-hybridized carbons (Fsp3) is 0.375. The van der Waals surface area contributed by atoms with Crippen LogP contribution in [-0.2, 0) is 19.1 Å². The molecule has 0 rings (SSSR count). The molecule has 0 atom stereocenters. The predicted molar refractivity (Wildman–Crippen MR) is 43.2 cm³/mol. The van der Waals surface area contributed by atoms with Crippen molar-refractivity contribution in [1.82, 2.24) is 0 Å². The first kappa shape index (κ1) is 12.0. The molecule has 0 fully saturated rings. The van der Waals surface area contributed by atoms with E-state index in [9.17, 15) is 14.4 Å². The summed E-state index contributed by atoms with van der Waals surface area (Å²) in [4.78, 5) is 32.4. The highest BCUT2D eigenvalue weighted by Gasteiger charge is 2.54. The first-order valence-electron chi connectivity index (χ1n) is 3.42. The number of rotatable bonds is 4. The van der Waals surface area contributed by atoms with Gasteiger partial charge in [-0.2, -0.15) is 0 Å². The molecule has 14 heavy (non-hydrogen) atoms. The Kier molecular flexibility index (Phi) is 3.66. The van der Waals surface area contributed by atoms with Gasteiger partial charge in [0, 0.05) is 6.42 Å². The second kappa shape index (κ2) is 4.28. The summed E-state index contributed by atoms with van der Waals surface area (Å²) in [6.07, 6.45) is 4.04. The van der Waals surface area contributed by atoms with Crippen LogP contribution >= 0.6 is 0 Å². The van der Waals surface area contributed by atoms with Crippen molar-refractivity contribution in [2.24, 2.45) is 5.41 Å². The van der Waals surface area contributed by atoms with E-state index in [4.69, 9.17) is 16.6 Å². The molecule has 0 aromatic rings. The predicted octanol–water partition coefficient (Wildman–Crippen LogP) is -0.662. The van der Waals surface area contributed by atoms with Crippen molar-refractivity contribution in [3.63, 3.8) is 0 Å². The largest absolute Gasteiger partial charge is 0.480 e. The number of methoxy groups -OCH3 is 1. The zero-order valence-electron chi connectivity index (χ0n) is 7.31. The molecule has 6 heteroatoms. The highest BCUT2D eigenvalue weighted by molar-refractivity contribution is 6.17. The molecule has 0 saturated carbocycles. The Balaban J connectivity index is 5.40. The molecule has 0 saturated heterocycles. The molecule has 0 aliphatic carbocycles. The maximum Gasteiger partial charge on any atom is 0.335 e. The molecule has 0 heterocycles. The number of carbonyl (C=O) groups is 3. The number of hydrogen-bond acceptors (Lipinski definition) is 4. The van der Waals surface area contributed by atoms with Gasteiger partial charge in [0.05, 0.1) is 7.11 Å². The van der Waals surface area contributed by atoms with Crippen LogP contribution in [-0.4, -0.2) is 35.2 Å². The molecule has 0 aromatic carbocycles. The Hall–Kier alpha value is -2.03. The zero-order valence-corrected chi connectivity index (χ0v) is 7.31. The average molecular weight is 200 g/mol. The molecule has 0 bridgehead atoms. The van der Waals surface area contributed by atoms with Crippen molar-refractivity contribution in [2.75, 3.05) is 7.11 Å². The Morgan fingerprint density at radius 2 is 1.79 bits per heavy atom. The standard InChI is InChI=1S/C8H8O6/c1-3-4-8(5(9)10,6(11)12)7(13)14-2/h1H,4H2,2H3,(H,9,10)(H,11,12). The summed E-state index contributed by atoms with van der Waals surface area (Å²) < 4.78 is 4.09. The topological polar surface area (TPSA) is 101 Å². The molecule has 0 spiro atoms. The van der Waals surface area contributed by atoms with Crippen molar-refractivity contribution in [1.29, 1.82) is 0 Å². The van der Waals surface area contributed by atoms with Gasteiger partial charge >= 0.3 is 17.9 Å². The summed E-state index contributed by atoms with van der Waals surface area (Å²) in [5, 5.41) is 17.3. The summed E-state index contributed by atoms with van der Waals surface area (Å²) in [7, 11) is 0.888. The van der Waals surface area contributed by atoms with Gasteiger partial charge in [0.1, 0.15) is 0 Å². The second-order valence-electron chi connectivity index (χ2n) is 2.39. The van der Waals surface area contributed by atoms with E-state index in [1.807, 2.05) is 5.92 Å². The van der Waals surface area contributed by atoms with Crippen LogP contribution in [0.15, 0.2) is 0 Å². The number of hydrogen-bond donors (Lipinski definition) is 2. The minimum Gasteiger partial charge on any atom is -0.480 e. The average Bonchev–Trinajstić information content (AvgIpc) is 2.11. The Labute approximate surface area is 79.5 Å². The summed E-state index contributed by atoms with van der Waals surface area (Å²) in [5.74, 6) is -3.25. The second-order valence-corrected chi connectivity index (χ2v) is 2.39. The summed E-state index contributed by atoms with van der Waals surface area (Å²) in [6, 6.07) is 0. The van der Waals surface area contributed by atoms with Crippen LogP contribution in [0, 0.1) is 17.8 Å². The summed E-state index contributed by atoms with van der Waals surface area (Å²) in [5.41, 5.74) is -2.70. The van der Waals surface area contributed by atoms with E-state index in [1.165, 1.54) is 0 Å². The maximum atomic E-state index is 11.0. The quantitative estimate of drug-likeness (QED) is 0.355. The fourth-order valence-corrected chi connectivity index (χ4v) is 0.817. The van der Waals surface area contributed by atoms with Crippen LogP contribution in [0.25, 0.3) is 0 Å². The van der Waals surface area contributed by atoms with Gasteiger partial charge in [-0.15, -0.1) is 12.3 Å². The fourth-order valence-electron chi connectivity index (χ4n) is 0.817. The molecular formula is C8H8O6. The lowest BCUT2D eigenvalue weighted by atomic mass is 9.85. The zero-order chi connectivity index (χ0) is 11.4. The smallest absolute Gasteiger partial charge is 0.335 e. The molecule has 0 unspecified atom stereocenters. The van der Waals surface area contributed by atoms with Crippen molar-refractivity contribution >= 4 is 17.9 Å². The van der Waals surface area contributed by atoms with E-state index in [0.29, 0.717) is 0 Å². The Morgan fingerprint density at radius 1 is 1.36 bits per heavy atom. The maximum absolute atomic E-state index is 11.0. The summed E-state index contributed by atoms with van der Waals surface area (Å²) in [6.45, 7) is 0. The minimum absolute atomic E-state index is 0.760. The van der Waals surface area contributed by atoms with Crippen LogP contribution in [0.3, 0.4) is 0 Å². The normalized spacial score (nSPS) is 10.0. The number of carbonyl (C=O) groups excluding carboxylic acids is 1. The van der Waals surface area contributed by atoms with Gasteiger partial charge in [-0.1, -0.05) is 0 Å². The highest BCUT2D eigenvalue weighted by Crippen LogP contribution is 2.24. The van der Waals surface area contributed by atoms with E-state index in [1.54, 1.807) is 0 Å². The van der Waals surface area contributed by atoms with E-state index < -0.39 is 29.7 Å². The Morgan fingerprint density at radius 3 is 2.00 bits per heavy atom. The summed E-state index contributed by atoms with van der Waals surface area (Å²) >= 11 is 0.